The van der Waals surface area contributed by atoms with E-state index in [2.05, 4.69) is 30.7 Å². The molecule has 1 aliphatic rings. The lowest BCUT2D eigenvalue weighted by atomic mass is 10.0. The summed E-state index contributed by atoms with van der Waals surface area (Å²) in [6.45, 7) is 0. The van der Waals surface area contributed by atoms with Crippen LogP contribution < -0.4 is 10.0 Å². The van der Waals surface area contributed by atoms with Crippen molar-refractivity contribution in [3.8, 4) is 27.9 Å². The highest BCUT2D eigenvalue weighted by atomic mass is 35.5. The van der Waals surface area contributed by atoms with Crippen LogP contribution in [-0.2, 0) is 4.74 Å². The standard InChI is InChI=1S/C28H24ClFN8O3/c1-41-28(39)33-21-7-4-18(5-8-21)20-13-32-36(14-20)25(12-17-2-3-17)23-10-6-19(15-38(23)40)26-24(37-16-31-34-35-37)11-9-22(29)27(26)30/h4-11,13-17,25H,2-3,12H2,1H3,(H,33,39)/t25-/m0/s1. The van der Waals surface area contributed by atoms with Crippen LogP contribution in [0.4, 0.5) is 14.9 Å². The van der Waals surface area contributed by atoms with E-state index in [1.807, 2.05) is 18.3 Å². The fraction of sp³-hybridized carbons (Fsp3) is 0.214. The Morgan fingerprint density at radius 2 is 1.95 bits per heavy atom. The molecule has 1 N–H and O–H groups in total. The molecule has 41 heavy (non-hydrogen) atoms. The summed E-state index contributed by atoms with van der Waals surface area (Å²) in [5, 5.41) is 31.7. The predicted molar refractivity (Wildman–Crippen MR) is 148 cm³/mol. The highest BCUT2D eigenvalue weighted by Gasteiger charge is 2.32. The SMILES string of the molecule is COC(=O)Nc1ccc(-c2cnn([C@@H](CC3CC3)c3ccc(-c4c(-n5cnnn5)ccc(Cl)c4F)c[n+]3[O-])c2)cc1. The average molecular weight is 575 g/mol. The zero-order chi connectivity index (χ0) is 28.5. The molecule has 208 valence electrons. The fourth-order valence-corrected chi connectivity index (χ4v) is 4.94. The number of hydrogen-bond acceptors (Lipinski definition) is 7. The number of rotatable bonds is 8. The first-order valence-electron chi connectivity index (χ1n) is 12.9. The summed E-state index contributed by atoms with van der Waals surface area (Å²) >= 11 is 6.10. The third kappa shape index (κ3) is 5.46. The van der Waals surface area contributed by atoms with Gasteiger partial charge in [-0.05, 0) is 58.7 Å². The minimum atomic E-state index is -0.675. The van der Waals surface area contributed by atoms with Crippen molar-refractivity contribution in [1.82, 2.24) is 30.0 Å². The molecule has 0 spiro atoms. The van der Waals surface area contributed by atoms with E-state index in [4.69, 9.17) is 11.6 Å². The van der Waals surface area contributed by atoms with Gasteiger partial charge in [0.15, 0.2) is 12.0 Å². The molecular formula is C28H24ClFN8O3. The van der Waals surface area contributed by atoms with Gasteiger partial charge in [0.1, 0.15) is 12.4 Å². The monoisotopic (exact) mass is 574 g/mol. The van der Waals surface area contributed by atoms with Crippen molar-refractivity contribution in [3.63, 3.8) is 0 Å². The number of halogens is 2. The van der Waals surface area contributed by atoms with Crippen LogP contribution in [0.25, 0.3) is 27.9 Å². The van der Waals surface area contributed by atoms with E-state index in [9.17, 15) is 10.0 Å². The first kappa shape index (κ1) is 26.4. The van der Waals surface area contributed by atoms with E-state index < -0.39 is 11.9 Å². The maximum atomic E-state index is 15.3. The first-order valence-corrected chi connectivity index (χ1v) is 13.2. The Hall–Kier alpha value is -4.84. The van der Waals surface area contributed by atoms with Crippen LogP contribution in [0.2, 0.25) is 5.02 Å². The quantitative estimate of drug-likeness (QED) is 0.200. The van der Waals surface area contributed by atoms with Crippen molar-refractivity contribution < 1.29 is 18.7 Å². The minimum Gasteiger partial charge on any atom is -0.618 e. The number of tetrazole rings is 1. The molecule has 1 fully saturated rings. The van der Waals surface area contributed by atoms with Crippen LogP contribution in [-0.4, -0.2) is 43.2 Å². The van der Waals surface area contributed by atoms with E-state index in [-0.39, 0.29) is 16.6 Å². The van der Waals surface area contributed by atoms with Crippen molar-refractivity contribution in [2.75, 3.05) is 12.4 Å². The zero-order valence-electron chi connectivity index (χ0n) is 21.8. The number of hydrogen-bond donors (Lipinski definition) is 1. The molecule has 1 saturated carbocycles. The van der Waals surface area contributed by atoms with Crippen molar-refractivity contribution in [2.45, 2.75) is 25.3 Å². The maximum Gasteiger partial charge on any atom is 0.411 e. The number of carbonyl (C=O) groups is 1. The summed E-state index contributed by atoms with van der Waals surface area (Å²) in [5.74, 6) is -0.181. The lowest BCUT2D eigenvalue weighted by Crippen LogP contribution is -2.35. The molecular weight excluding hydrogens is 551 g/mol. The predicted octanol–water partition coefficient (Wildman–Crippen LogP) is 5.19. The summed E-state index contributed by atoms with van der Waals surface area (Å²) < 4.78 is 23.8. The fourth-order valence-electron chi connectivity index (χ4n) is 4.78. The topological polar surface area (TPSA) is 127 Å². The number of anilines is 1. The second kappa shape index (κ2) is 11.0. The summed E-state index contributed by atoms with van der Waals surface area (Å²) in [6.07, 6.45) is 8.72. The number of amides is 1. The lowest BCUT2D eigenvalue weighted by Gasteiger charge is -2.18. The van der Waals surface area contributed by atoms with Crippen LogP contribution in [0.15, 0.2) is 73.4 Å². The van der Waals surface area contributed by atoms with Gasteiger partial charge in [-0.25, -0.2) is 9.18 Å². The molecule has 0 aliphatic heterocycles. The van der Waals surface area contributed by atoms with Crippen molar-refractivity contribution >= 4 is 23.4 Å². The number of nitrogens with one attached hydrogen (secondary N) is 1. The molecule has 2 aromatic carbocycles. The van der Waals surface area contributed by atoms with E-state index in [0.29, 0.717) is 28.6 Å². The summed E-state index contributed by atoms with van der Waals surface area (Å²) in [6, 6.07) is 13.4. The van der Waals surface area contributed by atoms with E-state index >= 15 is 4.39 Å². The molecule has 3 aromatic heterocycles. The molecule has 0 unspecified atom stereocenters. The smallest absolute Gasteiger partial charge is 0.411 e. The van der Waals surface area contributed by atoms with Gasteiger partial charge >= 0.3 is 6.09 Å². The average Bonchev–Trinajstić information content (AvgIpc) is 3.41. The Morgan fingerprint density at radius 3 is 2.63 bits per heavy atom. The van der Waals surface area contributed by atoms with Crippen LogP contribution in [0.5, 0.6) is 0 Å². The van der Waals surface area contributed by atoms with Gasteiger partial charge in [-0.1, -0.05) is 36.6 Å². The molecule has 1 atom stereocenters. The second-order valence-corrected chi connectivity index (χ2v) is 10.2. The molecule has 5 aromatic rings. The molecule has 0 bridgehead atoms. The Bertz CT molecular complexity index is 1700. The molecule has 6 rings (SSSR count). The minimum absolute atomic E-state index is 0.0804. The van der Waals surface area contributed by atoms with Gasteiger partial charge in [-0.15, -0.1) is 5.10 Å². The number of carbonyl (C=O) groups excluding carboxylic acids is 1. The van der Waals surface area contributed by atoms with E-state index in [1.165, 1.54) is 30.4 Å². The third-order valence-electron chi connectivity index (χ3n) is 7.07. The Balaban J connectivity index is 1.33. The van der Waals surface area contributed by atoms with Crippen molar-refractivity contribution in [3.05, 3.63) is 95.2 Å². The van der Waals surface area contributed by atoms with Gasteiger partial charge in [-0.2, -0.15) is 14.5 Å². The molecule has 0 saturated heterocycles. The van der Waals surface area contributed by atoms with Crippen LogP contribution >= 0.6 is 11.6 Å². The number of nitrogens with zero attached hydrogens (tertiary/aromatic N) is 7. The Labute approximate surface area is 238 Å². The van der Waals surface area contributed by atoms with Gasteiger partial charge < -0.3 is 9.94 Å². The lowest BCUT2D eigenvalue weighted by molar-refractivity contribution is -0.615. The molecule has 1 aliphatic carbocycles. The Morgan fingerprint density at radius 1 is 1.17 bits per heavy atom. The normalized spacial score (nSPS) is 13.6. The highest BCUT2D eigenvalue weighted by molar-refractivity contribution is 6.31. The Kier molecular flexibility index (Phi) is 7.06. The number of ether oxygens (including phenoxy) is 1. The maximum absolute atomic E-state index is 15.3. The molecule has 13 heteroatoms. The summed E-state index contributed by atoms with van der Waals surface area (Å²) in [4.78, 5) is 11.5. The number of benzene rings is 2. The highest BCUT2D eigenvalue weighted by Crippen LogP contribution is 2.39. The van der Waals surface area contributed by atoms with Crippen LogP contribution in [0.3, 0.4) is 0 Å². The first-order chi connectivity index (χ1) is 19.9. The largest absolute Gasteiger partial charge is 0.618 e. The zero-order valence-corrected chi connectivity index (χ0v) is 22.6. The van der Waals surface area contributed by atoms with Crippen LogP contribution in [0, 0.1) is 16.9 Å². The van der Waals surface area contributed by atoms with E-state index in [0.717, 1.165) is 35.1 Å². The number of pyridine rings is 1. The number of aromatic nitrogens is 7. The van der Waals surface area contributed by atoms with Gasteiger partial charge in [0.25, 0.3) is 0 Å². The molecule has 3 heterocycles. The van der Waals surface area contributed by atoms with Crippen LogP contribution in [0.1, 0.15) is 31.0 Å². The van der Waals surface area contributed by atoms with E-state index in [1.54, 1.807) is 41.2 Å². The van der Waals surface area contributed by atoms with Gasteiger partial charge in [0.05, 0.1) is 35.1 Å². The van der Waals surface area contributed by atoms with Gasteiger partial charge in [0.2, 0.25) is 5.69 Å². The number of methoxy groups -OCH3 is 1. The third-order valence-corrected chi connectivity index (χ3v) is 7.36. The second-order valence-electron chi connectivity index (χ2n) is 9.78. The molecule has 1 amide bonds. The summed E-state index contributed by atoms with van der Waals surface area (Å²) in [7, 11) is 1.30. The van der Waals surface area contributed by atoms with Crippen molar-refractivity contribution in [2.24, 2.45) is 5.92 Å². The summed E-state index contributed by atoms with van der Waals surface area (Å²) in [5.41, 5.74) is 3.65. The van der Waals surface area contributed by atoms with Gasteiger partial charge in [-0.3, -0.25) is 10.00 Å². The van der Waals surface area contributed by atoms with Crippen molar-refractivity contribution in [1.29, 1.82) is 0 Å². The molecule has 11 nitrogen and oxygen atoms in total. The molecule has 0 radical (unpaired) electrons. The van der Waals surface area contributed by atoms with Gasteiger partial charge in [0, 0.05) is 23.5 Å².